The van der Waals surface area contributed by atoms with Gasteiger partial charge in [-0.05, 0) is 17.8 Å². The van der Waals surface area contributed by atoms with Crippen molar-refractivity contribution >= 4 is 27.9 Å². The van der Waals surface area contributed by atoms with Crippen molar-refractivity contribution < 1.29 is 4.92 Å². The first kappa shape index (κ1) is 13.4. The molecule has 20 heavy (non-hydrogen) atoms. The SMILES string of the molecule is CN(c1nc2sccn2c1[N+](=O)[O-])C1CCCCCC1. The zero-order valence-corrected chi connectivity index (χ0v) is 12.3. The molecule has 1 aliphatic rings. The lowest BCUT2D eigenvalue weighted by Crippen LogP contribution is -2.31. The highest BCUT2D eigenvalue weighted by molar-refractivity contribution is 7.15. The van der Waals surface area contributed by atoms with Gasteiger partial charge >= 0.3 is 5.82 Å². The molecule has 0 aromatic carbocycles. The first-order chi connectivity index (χ1) is 9.68. The molecule has 0 bridgehead atoms. The van der Waals surface area contributed by atoms with Gasteiger partial charge < -0.3 is 15.0 Å². The van der Waals surface area contributed by atoms with Gasteiger partial charge in [-0.2, -0.15) is 9.38 Å². The van der Waals surface area contributed by atoms with E-state index in [4.69, 9.17) is 0 Å². The number of rotatable bonds is 3. The summed E-state index contributed by atoms with van der Waals surface area (Å²) in [6, 6.07) is 0.362. The summed E-state index contributed by atoms with van der Waals surface area (Å²) in [5.74, 6) is 0.599. The second-order valence-corrected chi connectivity index (χ2v) is 6.20. The number of hydrogen-bond acceptors (Lipinski definition) is 5. The molecule has 0 N–H and O–H groups in total. The molecule has 0 atom stereocenters. The Balaban J connectivity index is 1.97. The molecule has 7 heteroatoms. The van der Waals surface area contributed by atoms with E-state index in [1.54, 1.807) is 10.6 Å². The van der Waals surface area contributed by atoms with Crippen LogP contribution in [-0.2, 0) is 0 Å². The number of fused-ring (bicyclic) bond motifs is 1. The molecule has 2 heterocycles. The molecule has 0 aliphatic heterocycles. The summed E-state index contributed by atoms with van der Waals surface area (Å²) in [5.41, 5.74) is 0. The van der Waals surface area contributed by atoms with Gasteiger partial charge in [0, 0.05) is 18.5 Å². The molecule has 3 rings (SSSR count). The first-order valence-electron chi connectivity index (χ1n) is 7.01. The van der Waals surface area contributed by atoms with Gasteiger partial charge in [0.15, 0.2) is 0 Å². The van der Waals surface area contributed by atoms with Crippen LogP contribution in [0.4, 0.5) is 11.6 Å². The first-order valence-corrected chi connectivity index (χ1v) is 7.89. The Bertz CT molecular complexity index is 613. The summed E-state index contributed by atoms with van der Waals surface area (Å²) in [5, 5.41) is 13.2. The summed E-state index contributed by atoms with van der Waals surface area (Å²) in [7, 11) is 1.94. The highest BCUT2D eigenvalue weighted by Gasteiger charge is 2.29. The molecule has 1 fully saturated rings. The Morgan fingerprint density at radius 3 is 2.75 bits per heavy atom. The highest BCUT2D eigenvalue weighted by Crippen LogP contribution is 2.33. The van der Waals surface area contributed by atoms with Crippen LogP contribution in [0.3, 0.4) is 0 Å². The molecule has 1 aliphatic carbocycles. The number of thiazole rings is 1. The van der Waals surface area contributed by atoms with Crippen LogP contribution in [0.1, 0.15) is 38.5 Å². The lowest BCUT2D eigenvalue weighted by molar-refractivity contribution is -0.389. The number of imidazole rings is 1. The summed E-state index contributed by atoms with van der Waals surface area (Å²) in [6.45, 7) is 0. The third-order valence-electron chi connectivity index (χ3n) is 4.10. The predicted molar refractivity (Wildman–Crippen MR) is 79.6 cm³/mol. The minimum absolute atomic E-state index is 0.0907. The van der Waals surface area contributed by atoms with Gasteiger partial charge in [0.2, 0.25) is 5.82 Å². The molecule has 2 aromatic heterocycles. The van der Waals surface area contributed by atoms with E-state index in [9.17, 15) is 10.1 Å². The summed E-state index contributed by atoms with van der Waals surface area (Å²) in [6.07, 6.45) is 8.85. The Kier molecular flexibility index (Phi) is 3.60. The van der Waals surface area contributed by atoms with Crippen molar-refractivity contribution in [2.24, 2.45) is 0 Å². The van der Waals surface area contributed by atoms with Crippen LogP contribution < -0.4 is 4.90 Å². The molecule has 0 unspecified atom stereocenters. The molecule has 0 radical (unpaired) electrons. The molecular weight excluding hydrogens is 276 g/mol. The van der Waals surface area contributed by atoms with E-state index in [-0.39, 0.29) is 10.7 Å². The van der Waals surface area contributed by atoms with Crippen LogP contribution in [-0.4, -0.2) is 27.4 Å². The molecule has 0 amide bonds. The minimum atomic E-state index is -0.324. The quantitative estimate of drug-likeness (QED) is 0.494. The number of hydrogen-bond donors (Lipinski definition) is 0. The topological polar surface area (TPSA) is 63.7 Å². The second kappa shape index (κ2) is 5.40. The van der Waals surface area contributed by atoms with Crippen molar-refractivity contribution in [3.63, 3.8) is 0 Å². The van der Waals surface area contributed by atoms with E-state index in [2.05, 4.69) is 4.98 Å². The number of nitrogens with zero attached hydrogens (tertiary/aromatic N) is 4. The van der Waals surface area contributed by atoms with Crippen molar-refractivity contribution in [1.82, 2.24) is 9.38 Å². The summed E-state index contributed by atoms with van der Waals surface area (Å²) < 4.78 is 1.58. The van der Waals surface area contributed by atoms with Gasteiger partial charge in [-0.1, -0.05) is 37.0 Å². The van der Waals surface area contributed by atoms with E-state index in [0.717, 1.165) is 12.8 Å². The van der Waals surface area contributed by atoms with Gasteiger partial charge in [-0.3, -0.25) is 0 Å². The molecule has 108 valence electrons. The van der Waals surface area contributed by atoms with Gasteiger partial charge in [-0.15, -0.1) is 0 Å². The van der Waals surface area contributed by atoms with Gasteiger partial charge in [0.1, 0.15) is 6.20 Å². The minimum Gasteiger partial charge on any atom is -0.358 e. The third-order valence-corrected chi connectivity index (χ3v) is 4.86. The van der Waals surface area contributed by atoms with Gasteiger partial charge in [0.25, 0.3) is 4.96 Å². The van der Waals surface area contributed by atoms with E-state index >= 15 is 0 Å². The Hall–Kier alpha value is -1.63. The fourth-order valence-corrected chi connectivity index (χ4v) is 3.69. The number of anilines is 1. The summed E-state index contributed by atoms with van der Waals surface area (Å²) >= 11 is 1.43. The second-order valence-electron chi connectivity index (χ2n) is 5.33. The molecule has 6 nitrogen and oxygen atoms in total. The lowest BCUT2D eigenvalue weighted by atomic mass is 10.1. The Morgan fingerprint density at radius 2 is 2.10 bits per heavy atom. The maximum absolute atomic E-state index is 11.4. The van der Waals surface area contributed by atoms with Crippen LogP contribution in [0.15, 0.2) is 11.6 Å². The molecule has 0 spiro atoms. The standard InChI is InChI=1S/C13H18N4O2S/c1-15(10-6-4-2-3-5-7-10)11-12(17(18)19)16-8-9-20-13(16)14-11/h8-10H,2-7H2,1H3. The normalized spacial score (nSPS) is 17.2. The van der Waals surface area contributed by atoms with Gasteiger partial charge in [0.05, 0.1) is 0 Å². The monoisotopic (exact) mass is 294 g/mol. The maximum atomic E-state index is 11.4. The van der Waals surface area contributed by atoms with Crippen LogP contribution in [0.25, 0.3) is 4.96 Å². The zero-order valence-electron chi connectivity index (χ0n) is 11.5. The highest BCUT2D eigenvalue weighted by atomic mass is 32.1. The smallest absolute Gasteiger partial charge is 0.358 e. The fraction of sp³-hybridized carbons (Fsp3) is 0.615. The van der Waals surface area contributed by atoms with Crippen molar-refractivity contribution in [2.45, 2.75) is 44.6 Å². The van der Waals surface area contributed by atoms with E-state index in [0.29, 0.717) is 16.8 Å². The van der Waals surface area contributed by atoms with E-state index in [1.165, 1.54) is 37.0 Å². The number of nitro groups is 1. The molecule has 0 saturated heterocycles. The van der Waals surface area contributed by atoms with Crippen LogP contribution in [0.2, 0.25) is 0 Å². The Labute approximate surface area is 121 Å². The van der Waals surface area contributed by atoms with Crippen molar-refractivity contribution in [3.05, 3.63) is 21.7 Å². The van der Waals surface area contributed by atoms with Gasteiger partial charge in [-0.25, -0.2) is 0 Å². The van der Waals surface area contributed by atoms with Crippen LogP contribution in [0.5, 0.6) is 0 Å². The van der Waals surface area contributed by atoms with Crippen molar-refractivity contribution in [2.75, 3.05) is 11.9 Å². The zero-order chi connectivity index (χ0) is 14.1. The van der Waals surface area contributed by atoms with Crippen molar-refractivity contribution in [1.29, 1.82) is 0 Å². The van der Waals surface area contributed by atoms with E-state index < -0.39 is 0 Å². The number of aromatic nitrogens is 2. The van der Waals surface area contributed by atoms with E-state index in [1.807, 2.05) is 17.3 Å². The fourth-order valence-electron chi connectivity index (χ4n) is 2.99. The molecular formula is C13H18N4O2S. The van der Waals surface area contributed by atoms with Crippen LogP contribution >= 0.6 is 11.3 Å². The Morgan fingerprint density at radius 1 is 1.40 bits per heavy atom. The van der Waals surface area contributed by atoms with Crippen molar-refractivity contribution in [3.8, 4) is 0 Å². The third kappa shape index (κ3) is 2.26. The maximum Gasteiger partial charge on any atom is 0.373 e. The molecule has 1 saturated carbocycles. The average Bonchev–Trinajstić information content (AvgIpc) is 2.88. The lowest BCUT2D eigenvalue weighted by Gasteiger charge is -2.26. The largest absolute Gasteiger partial charge is 0.373 e. The summed E-state index contributed by atoms with van der Waals surface area (Å²) in [4.78, 5) is 18.2. The predicted octanol–water partition coefficient (Wildman–Crippen LogP) is 3.46. The molecule has 2 aromatic rings. The average molecular weight is 294 g/mol. The van der Waals surface area contributed by atoms with Crippen LogP contribution in [0, 0.1) is 10.1 Å².